The van der Waals surface area contributed by atoms with Crippen LogP contribution in [0.1, 0.15) is 29.7 Å². The number of hydrogen-bond acceptors (Lipinski definition) is 1. The van der Waals surface area contributed by atoms with E-state index in [4.69, 9.17) is 0 Å². The maximum absolute atomic E-state index is 2.40. The van der Waals surface area contributed by atoms with Gasteiger partial charge in [0.05, 0.1) is 0 Å². The van der Waals surface area contributed by atoms with E-state index < -0.39 is 0 Å². The summed E-state index contributed by atoms with van der Waals surface area (Å²) in [5.74, 6) is 1.75. The Kier molecular flexibility index (Phi) is 3.99. The van der Waals surface area contributed by atoms with Gasteiger partial charge in [0.25, 0.3) is 0 Å². The third kappa shape index (κ3) is 2.96. The van der Waals surface area contributed by atoms with E-state index in [1.807, 2.05) is 11.3 Å². The minimum Gasteiger partial charge on any atom is -0.149 e. The highest BCUT2D eigenvalue weighted by Gasteiger charge is 2.27. The molecule has 3 aromatic rings. The van der Waals surface area contributed by atoms with Gasteiger partial charge in [0.15, 0.2) is 0 Å². The van der Waals surface area contributed by atoms with E-state index in [2.05, 4.69) is 60.0 Å². The van der Waals surface area contributed by atoms with E-state index in [-0.39, 0.29) is 0 Å². The van der Waals surface area contributed by atoms with Crippen molar-refractivity contribution in [1.29, 1.82) is 0 Å². The molecule has 0 amide bonds. The number of thiophene rings is 1. The van der Waals surface area contributed by atoms with Crippen LogP contribution in [0.5, 0.6) is 0 Å². The van der Waals surface area contributed by atoms with Crippen molar-refractivity contribution in [3.05, 3.63) is 70.4 Å². The van der Waals surface area contributed by atoms with Crippen molar-refractivity contribution in [3.8, 4) is 0 Å². The molecule has 1 atom stereocenters. The lowest BCUT2D eigenvalue weighted by Gasteiger charge is -2.34. The molecule has 0 spiro atoms. The molecule has 1 heteroatoms. The van der Waals surface area contributed by atoms with Crippen molar-refractivity contribution in [2.45, 2.75) is 32.1 Å². The highest BCUT2D eigenvalue weighted by atomic mass is 32.1. The van der Waals surface area contributed by atoms with Crippen LogP contribution in [0.15, 0.2) is 60.0 Å². The monoisotopic (exact) mass is 306 g/mol. The fraction of sp³-hybridized carbons (Fsp3) is 0.333. The summed E-state index contributed by atoms with van der Waals surface area (Å²) >= 11 is 1.92. The van der Waals surface area contributed by atoms with Gasteiger partial charge in [-0.1, -0.05) is 67.8 Å². The summed E-state index contributed by atoms with van der Waals surface area (Å²) in [6.45, 7) is 0. The highest BCUT2D eigenvalue weighted by molar-refractivity contribution is 7.09. The summed E-state index contributed by atoms with van der Waals surface area (Å²) in [6.07, 6.45) is 6.79. The van der Waals surface area contributed by atoms with Crippen LogP contribution < -0.4 is 0 Å². The molecule has 0 aliphatic heterocycles. The maximum atomic E-state index is 2.40. The quantitative estimate of drug-likeness (QED) is 0.534. The summed E-state index contributed by atoms with van der Waals surface area (Å²) in [7, 11) is 0. The summed E-state index contributed by atoms with van der Waals surface area (Å²) in [4.78, 5) is 1.55. The average molecular weight is 306 g/mol. The standard InChI is InChI=1S/C21H22S/c1-2-6-19-13-16(10-11-18(19)5-1)14-20(17-7-3-8-17)15-21-9-4-12-22-21/h1-2,4-6,9-13,17,20H,3,7-8,14-15H2. The summed E-state index contributed by atoms with van der Waals surface area (Å²) in [5, 5.41) is 4.94. The van der Waals surface area contributed by atoms with Gasteiger partial charge in [0.2, 0.25) is 0 Å². The first-order valence-corrected chi connectivity index (χ1v) is 9.26. The highest BCUT2D eigenvalue weighted by Crippen LogP contribution is 2.38. The molecule has 112 valence electrons. The van der Waals surface area contributed by atoms with Crippen molar-refractivity contribution in [3.63, 3.8) is 0 Å². The Morgan fingerprint density at radius 1 is 0.909 bits per heavy atom. The van der Waals surface area contributed by atoms with E-state index in [0.29, 0.717) is 0 Å². The molecule has 0 radical (unpaired) electrons. The molecule has 0 nitrogen and oxygen atoms in total. The van der Waals surface area contributed by atoms with Crippen molar-refractivity contribution >= 4 is 22.1 Å². The van der Waals surface area contributed by atoms with Gasteiger partial charge in [-0.25, -0.2) is 0 Å². The first-order chi connectivity index (χ1) is 10.9. The van der Waals surface area contributed by atoms with E-state index >= 15 is 0 Å². The van der Waals surface area contributed by atoms with Gasteiger partial charge >= 0.3 is 0 Å². The van der Waals surface area contributed by atoms with Crippen molar-refractivity contribution in [2.75, 3.05) is 0 Å². The topological polar surface area (TPSA) is 0 Å². The second-order valence-electron chi connectivity index (χ2n) is 6.62. The van der Waals surface area contributed by atoms with Crippen LogP contribution in [0.3, 0.4) is 0 Å². The molecular formula is C21H22S. The number of fused-ring (bicyclic) bond motifs is 1. The van der Waals surface area contributed by atoms with Gasteiger partial charge in [0, 0.05) is 4.88 Å². The third-order valence-electron chi connectivity index (χ3n) is 5.17. The molecule has 1 aliphatic rings. The third-order valence-corrected chi connectivity index (χ3v) is 6.07. The zero-order valence-electron chi connectivity index (χ0n) is 12.9. The zero-order chi connectivity index (χ0) is 14.8. The number of hydrogen-bond donors (Lipinski definition) is 0. The van der Waals surface area contributed by atoms with Crippen LogP contribution in [0.4, 0.5) is 0 Å². The normalized spacial score (nSPS) is 16.5. The van der Waals surface area contributed by atoms with E-state index in [0.717, 1.165) is 11.8 Å². The molecule has 1 saturated carbocycles. The molecule has 0 bridgehead atoms. The Bertz CT molecular complexity index is 737. The molecule has 2 aromatic carbocycles. The molecule has 1 fully saturated rings. The van der Waals surface area contributed by atoms with E-state index in [9.17, 15) is 0 Å². The lowest BCUT2D eigenvalue weighted by molar-refractivity contribution is 0.204. The van der Waals surface area contributed by atoms with E-state index in [1.165, 1.54) is 48.4 Å². The smallest absolute Gasteiger partial charge is 0.00481 e. The van der Waals surface area contributed by atoms with Gasteiger partial charge in [0.1, 0.15) is 0 Å². The summed E-state index contributed by atoms with van der Waals surface area (Å²) < 4.78 is 0. The second-order valence-corrected chi connectivity index (χ2v) is 7.65. The van der Waals surface area contributed by atoms with Crippen LogP contribution in [-0.2, 0) is 12.8 Å². The van der Waals surface area contributed by atoms with E-state index in [1.54, 1.807) is 4.88 Å². The summed E-state index contributed by atoms with van der Waals surface area (Å²) in [6, 6.07) is 20.2. The van der Waals surface area contributed by atoms with Crippen molar-refractivity contribution < 1.29 is 0 Å². The van der Waals surface area contributed by atoms with Gasteiger partial charge in [-0.15, -0.1) is 11.3 Å². The van der Waals surface area contributed by atoms with Gasteiger partial charge in [-0.2, -0.15) is 0 Å². The maximum Gasteiger partial charge on any atom is 0.00481 e. The molecule has 22 heavy (non-hydrogen) atoms. The Labute approximate surface area is 136 Å². The lowest BCUT2D eigenvalue weighted by atomic mass is 9.72. The predicted octanol–water partition coefficient (Wildman–Crippen LogP) is 6.10. The van der Waals surface area contributed by atoms with Crippen LogP contribution in [0.25, 0.3) is 10.8 Å². The largest absolute Gasteiger partial charge is 0.149 e. The summed E-state index contributed by atoms with van der Waals surface area (Å²) in [5.41, 5.74) is 1.51. The molecule has 1 unspecified atom stereocenters. The molecular weight excluding hydrogens is 284 g/mol. The fourth-order valence-corrected chi connectivity index (χ4v) is 4.47. The Morgan fingerprint density at radius 2 is 1.77 bits per heavy atom. The molecule has 4 rings (SSSR count). The van der Waals surface area contributed by atoms with Crippen LogP contribution in [0.2, 0.25) is 0 Å². The van der Waals surface area contributed by atoms with Gasteiger partial charge in [-0.05, 0) is 52.5 Å². The van der Waals surface area contributed by atoms with Gasteiger partial charge < -0.3 is 0 Å². The Morgan fingerprint density at radius 3 is 2.50 bits per heavy atom. The van der Waals surface area contributed by atoms with Crippen LogP contribution in [0, 0.1) is 11.8 Å². The van der Waals surface area contributed by atoms with Gasteiger partial charge in [-0.3, -0.25) is 0 Å². The first-order valence-electron chi connectivity index (χ1n) is 8.38. The average Bonchev–Trinajstić information content (AvgIpc) is 2.98. The number of benzene rings is 2. The lowest BCUT2D eigenvalue weighted by Crippen LogP contribution is -2.25. The Balaban J connectivity index is 1.56. The minimum atomic E-state index is 0.813. The number of rotatable bonds is 5. The molecule has 1 heterocycles. The molecule has 0 N–H and O–H groups in total. The van der Waals surface area contributed by atoms with Crippen molar-refractivity contribution in [1.82, 2.24) is 0 Å². The van der Waals surface area contributed by atoms with Crippen LogP contribution in [-0.4, -0.2) is 0 Å². The predicted molar refractivity (Wildman–Crippen MR) is 96.5 cm³/mol. The first kappa shape index (κ1) is 14.0. The SMILES string of the molecule is c1csc(CC(Cc2ccc3ccccc3c2)C2CCC2)c1. The molecule has 1 aliphatic carbocycles. The zero-order valence-corrected chi connectivity index (χ0v) is 13.7. The second kappa shape index (κ2) is 6.26. The fourth-order valence-electron chi connectivity index (χ4n) is 3.67. The minimum absolute atomic E-state index is 0.813. The van der Waals surface area contributed by atoms with Crippen LogP contribution >= 0.6 is 11.3 Å². The Hall–Kier alpha value is -1.60. The molecule has 1 aromatic heterocycles. The van der Waals surface area contributed by atoms with Crippen molar-refractivity contribution in [2.24, 2.45) is 11.8 Å². The molecule has 0 saturated heterocycles.